The second-order valence-corrected chi connectivity index (χ2v) is 4.53. The summed E-state index contributed by atoms with van der Waals surface area (Å²) in [6.07, 6.45) is 3.48. The van der Waals surface area contributed by atoms with Gasteiger partial charge in [-0.25, -0.2) is 0 Å². The molecule has 0 spiro atoms. The first-order valence-corrected chi connectivity index (χ1v) is 5.60. The van der Waals surface area contributed by atoms with Crippen LogP contribution in [0.15, 0.2) is 0 Å². The Morgan fingerprint density at radius 2 is 1.82 bits per heavy atom. The van der Waals surface area contributed by atoms with Gasteiger partial charge in [-0.1, -0.05) is 20.8 Å². The van der Waals surface area contributed by atoms with Gasteiger partial charge in [0.2, 0.25) is 0 Å². The Kier molecular flexibility index (Phi) is 6.06. The van der Waals surface area contributed by atoms with E-state index in [4.69, 9.17) is 0 Å². The van der Waals surface area contributed by atoms with Crippen LogP contribution in [0.25, 0.3) is 0 Å². The lowest BCUT2D eigenvalue weighted by atomic mass is 9.99. The Morgan fingerprint density at radius 1 is 1.27 bits per heavy atom. The molecule has 68 valence electrons. The van der Waals surface area contributed by atoms with Crippen LogP contribution in [0.5, 0.6) is 0 Å². The molecule has 0 aromatic carbocycles. The van der Waals surface area contributed by atoms with E-state index >= 15 is 0 Å². The van der Waals surface area contributed by atoms with Crippen LogP contribution in [-0.4, -0.2) is 18.7 Å². The highest BCUT2D eigenvalue weighted by molar-refractivity contribution is 7.99. The van der Waals surface area contributed by atoms with Crippen molar-refractivity contribution in [3.05, 3.63) is 0 Å². The maximum Gasteiger partial charge on any atom is 0.0552 e. The highest BCUT2D eigenvalue weighted by atomic mass is 32.2. The third-order valence-corrected chi connectivity index (χ3v) is 3.11. The highest BCUT2D eigenvalue weighted by Crippen LogP contribution is 2.20. The Hall–Kier alpha value is 0.310. The molecule has 1 nitrogen and oxygen atoms in total. The molecule has 0 amide bonds. The zero-order valence-corrected chi connectivity index (χ0v) is 9.16. The second kappa shape index (κ2) is 5.90. The number of nitrogens with one attached hydrogen (secondary N) is 1. The molecule has 0 saturated heterocycles. The number of rotatable bonds is 5. The van der Waals surface area contributed by atoms with E-state index in [1.807, 2.05) is 18.8 Å². The summed E-state index contributed by atoms with van der Waals surface area (Å²) in [5, 5.41) is 3.94. The van der Waals surface area contributed by atoms with Crippen molar-refractivity contribution >= 4 is 11.8 Å². The summed E-state index contributed by atoms with van der Waals surface area (Å²) in [5.41, 5.74) is 0. The van der Waals surface area contributed by atoms with Crippen molar-refractivity contribution in [1.82, 2.24) is 5.32 Å². The van der Waals surface area contributed by atoms with Crippen LogP contribution in [-0.2, 0) is 0 Å². The smallest absolute Gasteiger partial charge is 0.0552 e. The molecule has 0 saturated carbocycles. The largest absolute Gasteiger partial charge is 0.308 e. The average Bonchev–Trinajstić information content (AvgIpc) is 1.88. The molecule has 0 aliphatic carbocycles. The third kappa shape index (κ3) is 4.70. The van der Waals surface area contributed by atoms with Gasteiger partial charge in [-0.2, -0.15) is 0 Å². The maximum atomic E-state index is 3.32. The quantitative estimate of drug-likeness (QED) is 0.645. The predicted octanol–water partition coefficient (Wildman–Crippen LogP) is 2.58. The monoisotopic (exact) mass is 175 g/mol. The average molecular weight is 175 g/mol. The first-order valence-electron chi connectivity index (χ1n) is 4.31. The van der Waals surface area contributed by atoms with Gasteiger partial charge in [-0.15, -0.1) is 11.8 Å². The Bertz CT molecular complexity index is 89.6. The van der Waals surface area contributed by atoms with Crippen molar-refractivity contribution < 1.29 is 0 Å². The van der Waals surface area contributed by atoms with Crippen molar-refractivity contribution in [1.29, 1.82) is 0 Å². The van der Waals surface area contributed by atoms with Gasteiger partial charge in [-0.05, 0) is 31.6 Å². The fourth-order valence-electron chi connectivity index (χ4n) is 1.50. The van der Waals surface area contributed by atoms with Gasteiger partial charge in [0.1, 0.15) is 0 Å². The molecule has 2 heteroatoms. The molecule has 0 radical (unpaired) electrons. The summed E-state index contributed by atoms with van der Waals surface area (Å²) in [6.45, 7) is 6.88. The van der Waals surface area contributed by atoms with Crippen molar-refractivity contribution in [3.63, 3.8) is 0 Å². The Morgan fingerprint density at radius 3 is 2.09 bits per heavy atom. The molecular weight excluding hydrogens is 154 g/mol. The first kappa shape index (κ1) is 11.3. The molecule has 1 unspecified atom stereocenters. The fourth-order valence-corrected chi connectivity index (χ4v) is 2.31. The van der Waals surface area contributed by atoms with Crippen LogP contribution in [0.4, 0.5) is 0 Å². The molecule has 0 aromatic heterocycles. The topological polar surface area (TPSA) is 12.0 Å². The van der Waals surface area contributed by atoms with E-state index in [1.54, 1.807) is 0 Å². The van der Waals surface area contributed by atoms with Gasteiger partial charge >= 0.3 is 0 Å². The molecule has 0 aromatic rings. The van der Waals surface area contributed by atoms with Crippen molar-refractivity contribution in [2.75, 3.05) is 13.3 Å². The minimum atomic E-state index is 0.623. The normalized spacial score (nSPS) is 16.9. The Balaban J connectivity index is 3.68. The van der Waals surface area contributed by atoms with Crippen LogP contribution in [0.1, 0.15) is 27.2 Å². The minimum absolute atomic E-state index is 0.623. The van der Waals surface area contributed by atoms with E-state index in [0.29, 0.717) is 5.37 Å². The SMILES string of the molecule is CNC(SC)[C@H](C)CC(C)C. The van der Waals surface area contributed by atoms with Crippen molar-refractivity contribution in [3.8, 4) is 0 Å². The zero-order valence-electron chi connectivity index (χ0n) is 8.35. The molecule has 2 atom stereocenters. The van der Waals surface area contributed by atoms with Gasteiger partial charge in [0.05, 0.1) is 5.37 Å². The molecular formula is C9H21NS. The molecule has 0 bridgehead atoms. The third-order valence-electron chi connectivity index (χ3n) is 1.90. The zero-order chi connectivity index (χ0) is 8.85. The predicted molar refractivity (Wildman–Crippen MR) is 55.0 cm³/mol. The van der Waals surface area contributed by atoms with E-state index in [1.165, 1.54) is 6.42 Å². The number of thioether (sulfide) groups is 1. The summed E-state index contributed by atoms with van der Waals surface area (Å²) in [4.78, 5) is 0. The molecule has 0 fully saturated rings. The number of hydrogen-bond donors (Lipinski definition) is 1. The van der Waals surface area contributed by atoms with Gasteiger partial charge in [0, 0.05) is 0 Å². The van der Waals surface area contributed by atoms with Crippen LogP contribution < -0.4 is 5.32 Å². The standard InChI is InChI=1S/C9H21NS/c1-7(2)6-8(3)9(10-4)11-5/h7-10H,6H2,1-5H3/t8-,9?/m1/s1. The van der Waals surface area contributed by atoms with Gasteiger partial charge < -0.3 is 5.32 Å². The molecule has 0 aliphatic heterocycles. The first-order chi connectivity index (χ1) is 5.11. The summed E-state index contributed by atoms with van der Waals surface area (Å²) < 4.78 is 0. The molecule has 0 rings (SSSR count). The Labute approximate surface area is 75.3 Å². The van der Waals surface area contributed by atoms with Crippen LogP contribution >= 0.6 is 11.8 Å². The summed E-state index contributed by atoms with van der Waals surface area (Å²) >= 11 is 1.91. The summed E-state index contributed by atoms with van der Waals surface area (Å²) in [7, 11) is 2.04. The second-order valence-electron chi connectivity index (χ2n) is 3.55. The van der Waals surface area contributed by atoms with Crippen molar-refractivity contribution in [2.45, 2.75) is 32.6 Å². The van der Waals surface area contributed by atoms with E-state index in [9.17, 15) is 0 Å². The van der Waals surface area contributed by atoms with E-state index in [-0.39, 0.29) is 0 Å². The lowest BCUT2D eigenvalue weighted by molar-refractivity contribution is 0.405. The summed E-state index contributed by atoms with van der Waals surface area (Å²) in [5.74, 6) is 1.59. The van der Waals surface area contributed by atoms with Crippen LogP contribution in [0.2, 0.25) is 0 Å². The maximum absolute atomic E-state index is 3.32. The van der Waals surface area contributed by atoms with E-state index < -0.39 is 0 Å². The lowest BCUT2D eigenvalue weighted by Crippen LogP contribution is -2.29. The van der Waals surface area contributed by atoms with Gasteiger partial charge in [0.25, 0.3) is 0 Å². The van der Waals surface area contributed by atoms with Gasteiger partial charge in [0.15, 0.2) is 0 Å². The van der Waals surface area contributed by atoms with E-state index in [2.05, 4.69) is 32.3 Å². The lowest BCUT2D eigenvalue weighted by Gasteiger charge is -2.22. The molecule has 11 heavy (non-hydrogen) atoms. The van der Waals surface area contributed by atoms with E-state index in [0.717, 1.165) is 11.8 Å². The van der Waals surface area contributed by atoms with Crippen molar-refractivity contribution in [2.24, 2.45) is 11.8 Å². The molecule has 0 heterocycles. The van der Waals surface area contributed by atoms with Crippen LogP contribution in [0.3, 0.4) is 0 Å². The highest BCUT2D eigenvalue weighted by Gasteiger charge is 2.14. The molecule has 1 N–H and O–H groups in total. The number of hydrogen-bond acceptors (Lipinski definition) is 2. The summed E-state index contributed by atoms with van der Waals surface area (Å²) in [6, 6.07) is 0. The molecule has 0 aliphatic rings. The van der Waals surface area contributed by atoms with Gasteiger partial charge in [-0.3, -0.25) is 0 Å². The van der Waals surface area contributed by atoms with Crippen LogP contribution in [0, 0.1) is 11.8 Å². The minimum Gasteiger partial charge on any atom is -0.308 e. The fraction of sp³-hybridized carbons (Fsp3) is 1.00.